The van der Waals surface area contributed by atoms with Crippen molar-refractivity contribution >= 4 is 22.5 Å². The molecule has 1 aliphatic heterocycles. The van der Waals surface area contributed by atoms with Crippen LogP contribution in [0, 0.1) is 18.3 Å². The van der Waals surface area contributed by atoms with Gasteiger partial charge in [-0.3, -0.25) is 4.40 Å². The van der Waals surface area contributed by atoms with Gasteiger partial charge >= 0.3 is 0 Å². The molecule has 0 radical (unpaired) electrons. The first-order valence-corrected chi connectivity index (χ1v) is 9.13. The molecule has 0 saturated carbocycles. The normalized spacial score (nSPS) is 15.7. The molecule has 0 unspecified atom stereocenters. The van der Waals surface area contributed by atoms with Crippen LogP contribution in [-0.4, -0.2) is 46.8 Å². The maximum Gasteiger partial charge on any atom is 0.157 e. The van der Waals surface area contributed by atoms with Gasteiger partial charge in [-0.2, -0.15) is 5.26 Å². The Morgan fingerprint density at radius 1 is 1.31 bits per heavy atom. The van der Waals surface area contributed by atoms with Crippen LogP contribution in [0.3, 0.4) is 0 Å². The molecule has 6 heteroatoms. The average molecular weight is 349 g/mol. The number of nitrogens with one attached hydrogen (secondary N) is 1. The summed E-state index contributed by atoms with van der Waals surface area (Å²) in [6, 6.07) is 12.9. The second kappa shape index (κ2) is 6.94. The zero-order valence-corrected chi connectivity index (χ0v) is 14.9. The van der Waals surface area contributed by atoms with E-state index in [-0.39, 0.29) is 6.61 Å². The molecule has 0 amide bonds. The van der Waals surface area contributed by atoms with Gasteiger partial charge in [-0.1, -0.05) is 12.1 Å². The fourth-order valence-corrected chi connectivity index (χ4v) is 3.88. The molecule has 0 aliphatic carbocycles. The van der Waals surface area contributed by atoms with Gasteiger partial charge < -0.3 is 15.3 Å². The molecule has 1 aromatic carbocycles. The number of piperidine rings is 1. The molecule has 0 bridgehead atoms. The largest absolute Gasteiger partial charge is 0.395 e. The lowest BCUT2D eigenvalue weighted by molar-refractivity contribution is 0.277. The smallest absolute Gasteiger partial charge is 0.157 e. The zero-order valence-electron chi connectivity index (χ0n) is 14.9. The van der Waals surface area contributed by atoms with E-state index in [9.17, 15) is 5.26 Å². The Morgan fingerprint density at radius 2 is 2.08 bits per heavy atom. The van der Waals surface area contributed by atoms with Crippen LogP contribution in [0.5, 0.6) is 0 Å². The van der Waals surface area contributed by atoms with E-state index < -0.39 is 0 Å². The molecule has 0 atom stereocenters. The molecule has 4 rings (SSSR count). The summed E-state index contributed by atoms with van der Waals surface area (Å²) in [6.07, 6.45) is 2.07. The number of aliphatic hydroxyl groups excluding tert-OH is 1. The Hall–Kier alpha value is -2.62. The quantitative estimate of drug-likeness (QED) is 0.755. The number of imidazole rings is 1. The van der Waals surface area contributed by atoms with Crippen LogP contribution in [0.15, 0.2) is 30.3 Å². The van der Waals surface area contributed by atoms with E-state index in [2.05, 4.69) is 32.8 Å². The third-order valence-electron chi connectivity index (χ3n) is 5.23. The third kappa shape index (κ3) is 2.79. The Balaban J connectivity index is 1.77. The minimum Gasteiger partial charge on any atom is -0.395 e. The minimum atomic E-state index is 0.177. The highest BCUT2D eigenvalue weighted by Crippen LogP contribution is 2.30. The van der Waals surface area contributed by atoms with E-state index in [4.69, 9.17) is 10.1 Å². The van der Waals surface area contributed by atoms with Crippen LogP contribution in [0.4, 0.5) is 5.82 Å². The first-order chi connectivity index (χ1) is 12.7. The number of aryl methyl sites for hydroxylation is 1. The highest BCUT2D eigenvalue weighted by atomic mass is 16.3. The van der Waals surface area contributed by atoms with Crippen molar-refractivity contribution in [3.63, 3.8) is 0 Å². The SMILES string of the molecule is Cc1cc(N2CCC(NCCO)CC2)n2c(nc3ccccc32)c1C#N. The van der Waals surface area contributed by atoms with E-state index in [1.165, 1.54) is 0 Å². The van der Waals surface area contributed by atoms with Crippen LogP contribution in [0.25, 0.3) is 16.7 Å². The Morgan fingerprint density at radius 3 is 2.81 bits per heavy atom. The summed E-state index contributed by atoms with van der Waals surface area (Å²) in [5.74, 6) is 1.10. The minimum absolute atomic E-state index is 0.177. The lowest BCUT2D eigenvalue weighted by Crippen LogP contribution is -2.43. The molecule has 6 nitrogen and oxygen atoms in total. The van der Waals surface area contributed by atoms with Gasteiger partial charge in [0.25, 0.3) is 0 Å². The van der Waals surface area contributed by atoms with Gasteiger partial charge in [0.15, 0.2) is 5.65 Å². The van der Waals surface area contributed by atoms with E-state index in [1.54, 1.807) is 0 Å². The van der Waals surface area contributed by atoms with Gasteiger partial charge in [-0.15, -0.1) is 0 Å². The molecule has 3 heterocycles. The monoisotopic (exact) mass is 349 g/mol. The molecule has 3 aromatic rings. The highest BCUT2D eigenvalue weighted by molar-refractivity contribution is 5.85. The number of anilines is 1. The van der Waals surface area contributed by atoms with Crippen molar-refractivity contribution in [2.24, 2.45) is 0 Å². The predicted molar refractivity (Wildman–Crippen MR) is 102 cm³/mol. The number of aromatic nitrogens is 2. The van der Waals surface area contributed by atoms with Crippen LogP contribution in [0.1, 0.15) is 24.0 Å². The maximum atomic E-state index is 9.61. The molecule has 1 fully saturated rings. The molecule has 134 valence electrons. The number of para-hydroxylation sites is 2. The van der Waals surface area contributed by atoms with Gasteiger partial charge in [0.2, 0.25) is 0 Å². The molecule has 26 heavy (non-hydrogen) atoms. The number of pyridine rings is 1. The fraction of sp³-hybridized carbons (Fsp3) is 0.400. The second-order valence-corrected chi connectivity index (χ2v) is 6.87. The van der Waals surface area contributed by atoms with Gasteiger partial charge in [0, 0.05) is 25.7 Å². The lowest BCUT2D eigenvalue weighted by Gasteiger charge is -2.34. The Kier molecular flexibility index (Phi) is 4.49. The molecular weight excluding hydrogens is 326 g/mol. The highest BCUT2D eigenvalue weighted by Gasteiger charge is 2.23. The van der Waals surface area contributed by atoms with Crippen molar-refractivity contribution in [1.82, 2.24) is 14.7 Å². The summed E-state index contributed by atoms with van der Waals surface area (Å²) in [5.41, 5.74) is 4.30. The topological polar surface area (TPSA) is 76.6 Å². The van der Waals surface area contributed by atoms with Crippen LogP contribution in [0.2, 0.25) is 0 Å². The van der Waals surface area contributed by atoms with Crippen LogP contribution >= 0.6 is 0 Å². The number of fused-ring (bicyclic) bond motifs is 3. The van der Waals surface area contributed by atoms with Crippen LogP contribution in [-0.2, 0) is 0 Å². The van der Waals surface area contributed by atoms with Crippen molar-refractivity contribution in [3.8, 4) is 6.07 Å². The standard InChI is InChI=1S/C20H23N5O/c1-14-12-19(24-9-6-15(7-10-24)22-8-11-26)25-18-5-3-2-4-17(18)23-20(25)16(14)13-21/h2-5,12,15,22,26H,6-11H2,1H3. The summed E-state index contributed by atoms with van der Waals surface area (Å²) >= 11 is 0. The molecule has 2 N–H and O–H groups in total. The maximum absolute atomic E-state index is 9.61. The van der Waals surface area contributed by atoms with Crippen molar-refractivity contribution < 1.29 is 5.11 Å². The average Bonchev–Trinajstić information content (AvgIpc) is 3.05. The molecule has 1 aliphatic rings. The number of nitrogens with zero attached hydrogens (tertiary/aromatic N) is 4. The van der Waals surface area contributed by atoms with Crippen molar-refractivity contribution in [3.05, 3.63) is 41.5 Å². The first-order valence-electron chi connectivity index (χ1n) is 9.13. The Labute approximate surface area is 152 Å². The van der Waals surface area contributed by atoms with Crippen molar-refractivity contribution in [1.29, 1.82) is 5.26 Å². The van der Waals surface area contributed by atoms with Crippen LogP contribution < -0.4 is 10.2 Å². The van der Waals surface area contributed by atoms with E-state index >= 15 is 0 Å². The van der Waals surface area contributed by atoms with Crippen molar-refractivity contribution in [2.75, 3.05) is 31.1 Å². The summed E-state index contributed by atoms with van der Waals surface area (Å²) in [6.45, 7) is 4.69. The number of hydrogen-bond donors (Lipinski definition) is 2. The van der Waals surface area contributed by atoms with E-state index in [1.807, 2.05) is 25.1 Å². The predicted octanol–water partition coefficient (Wildman–Crippen LogP) is 2.22. The summed E-state index contributed by atoms with van der Waals surface area (Å²) in [5, 5.41) is 22.0. The lowest BCUT2D eigenvalue weighted by atomic mass is 10.0. The number of aliphatic hydroxyl groups is 1. The third-order valence-corrected chi connectivity index (χ3v) is 5.23. The first kappa shape index (κ1) is 16.8. The summed E-state index contributed by atoms with van der Waals surface area (Å²) in [4.78, 5) is 7.11. The fourth-order valence-electron chi connectivity index (χ4n) is 3.88. The Bertz CT molecular complexity index is 979. The van der Waals surface area contributed by atoms with Gasteiger partial charge in [0.1, 0.15) is 11.9 Å². The van der Waals surface area contributed by atoms with E-state index in [0.717, 1.165) is 54.0 Å². The molecule has 0 spiro atoms. The number of benzene rings is 1. The van der Waals surface area contributed by atoms with Crippen molar-refractivity contribution in [2.45, 2.75) is 25.8 Å². The van der Waals surface area contributed by atoms with Gasteiger partial charge in [0.05, 0.1) is 23.2 Å². The molecule has 1 saturated heterocycles. The molecular formula is C20H23N5O. The number of nitriles is 1. The van der Waals surface area contributed by atoms with Gasteiger partial charge in [-0.25, -0.2) is 4.98 Å². The zero-order chi connectivity index (χ0) is 18.1. The summed E-state index contributed by atoms with van der Waals surface area (Å²) < 4.78 is 2.13. The number of hydrogen-bond acceptors (Lipinski definition) is 5. The molecule has 2 aromatic heterocycles. The second-order valence-electron chi connectivity index (χ2n) is 6.87. The van der Waals surface area contributed by atoms with Gasteiger partial charge in [-0.05, 0) is 43.5 Å². The number of rotatable bonds is 4. The summed E-state index contributed by atoms with van der Waals surface area (Å²) in [7, 11) is 0. The van der Waals surface area contributed by atoms with E-state index in [0.29, 0.717) is 18.2 Å².